The minimum Gasteiger partial charge on any atom is -0.478 e. The third-order valence-corrected chi connectivity index (χ3v) is 2.91. The fourth-order valence-corrected chi connectivity index (χ4v) is 1.72. The van der Waals surface area contributed by atoms with Gasteiger partial charge in [0.2, 0.25) is 0 Å². The molecule has 1 atom stereocenters. The molecular formula is C17H25NO4. The molecule has 1 aromatic carbocycles. The van der Waals surface area contributed by atoms with Gasteiger partial charge in [0.25, 0.3) is 0 Å². The molecule has 0 aliphatic rings. The molecule has 0 radical (unpaired) electrons. The summed E-state index contributed by atoms with van der Waals surface area (Å²) in [7, 11) is 0. The van der Waals surface area contributed by atoms with E-state index in [1.807, 2.05) is 37.3 Å². The van der Waals surface area contributed by atoms with E-state index >= 15 is 0 Å². The van der Waals surface area contributed by atoms with Crippen molar-refractivity contribution in [1.29, 1.82) is 0 Å². The number of unbranched alkanes of at least 4 members (excludes halogenated alkanes) is 3. The number of aliphatic carboxylic acids is 1. The zero-order valence-electron chi connectivity index (χ0n) is 13.3. The lowest BCUT2D eigenvalue weighted by molar-refractivity contribution is -0.131. The van der Waals surface area contributed by atoms with Crippen LogP contribution in [0.15, 0.2) is 41.7 Å². The number of hydrogen-bond donors (Lipinski definition) is 1. The van der Waals surface area contributed by atoms with E-state index in [4.69, 9.17) is 5.11 Å². The molecule has 5 heteroatoms. The standard InChI is InChI=1S/C9H8O2.C8H17NO2/c10-9(11)7-6-8-4-2-1-3-5-8;1-3-4-5-6-7-8(2)11-9-10/h1-7H,(H,10,11);8H,3-7H2,1-2H3. The van der Waals surface area contributed by atoms with E-state index in [2.05, 4.69) is 17.1 Å². The third-order valence-electron chi connectivity index (χ3n) is 2.91. The fourth-order valence-electron chi connectivity index (χ4n) is 1.72. The zero-order valence-corrected chi connectivity index (χ0v) is 13.3. The van der Waals surface area contributed by atoms with Gasteiger partial charge in [-0.2, -0.15) is 0 Å². The first-order chi connectivity index (χ1) is 10.6. The van der Waals surface area contributed by atoms with Crippen LogP contribution >= 0.6 is 0 Å². The Labute approximate surface area is 131 Å². The molecular weight excluding hydrogens is 282 g/mol. The monoisotopic (exact) mass is 307 g/mol. The summed E-state index contributed by atoms with van der Waals surface area (Å²) in [4.78, 5) is 24.2. The third kappa shape index (κ3) is 12.8. The van der Waals surface area contributed by atoms with Crippen molar-refractivity contribution in [2.45, 2.75) is 52.1 Å². The summed E-state index contributed by atoms with van der Waals surface area (Å²) in [5.74, 6) is -0.922. The lowest BCUT2D eigenvalue weighted by Crippen LogP contribution is -2.02. The van der Waals surface area contributed by atoms with Crippen LogP contribution in [0, 0.1) is 4.91 Å². The molecule has 1 aromatic rings. The molecule has 0 heterocycles. The van der Waals surface area contributed by atoms with Gasteiger partial charge in [0.1, 0.15) is 6.10 Å². The van der Waals surface area contributed by atoms with Crippen molar-refractivity contribution in [2.75, 3.05) is 0 Å². The predicted octanol–water partition coefficient (Wildman–Crippen LogP) is 4.83. The maximum atomic E-state index is 10.1. The van der Waals surface area contributed by atoms with Crippen LogP contribution < -0.4 is 0 Å². The van der Waals surface area contributed by atoms with Crippen molar-refractivity contribution in [1.82, 2.24) is 0 Å². The highest BCUT2D eigenvalue weighted by Crippen LogP contribution is 2.07. The quantitative estimate of drug-likeness (QED) is 0.307. The van der Waals surface area contributed by atoms with Gasteiger partial charge in [0.15, 0.2) is 5.34 Å². The first-order valence-electron chi connectivity index (χ1n) is 7.54. The normalized spacial score (nSPS) is 11.4. The largest absolute Gasteiger partial charge is 0.478 e. The van der Waals surface area contributed by atoms with E-state index in [0.29, 0.717) is 0 Å². The molecule has 0 amide bonds. The van der Waals surface area contributed by atoms with Crippen molar-refractivity contribution in [3.8, 4) is 0 Å². The van der Waals surface area contributed by atoms with Crippen LogP contribution in [0.3, 0.4) is 0 Å². The molecule has 1 rings (SSSR count). The average Bonchev–Trinajstić information content (AvgIpc) is 2.51. The van der Waals surface area contributed by atoms with Crippen LogP contribution in [-0.4, -0.2) is 17.2 Å². The van der Waals surface area contributed by atoms with Gasteiger partial charge in [-0.05, 0) is 31.4 Å². The Hall–Kier alpha value is -2.17. The van der Waals surface area contributed by atoms with E-state index in [0.717, 1.165) is 24.5 Å². The highest BCUT2D eigenvalue weighted by atomic mass is 16.7. The van der Waals surface area contributed by atoms with Crippen LogP contribution in [0.5, 0.6) is 0 Å². The van der Waals surface area contributed by atoms with Crippen molar-refractivity contribution >= 4 is 12.0 Å². The Balaban J connectivity index is 0.000000401. The van der Waals surface area contributed by atoms with Gasteiger partial charge in [-0.25, -0.2) is 4.79 Å². The molecule has 22 heavy (non-hydrogen) atoms. The Morgan fingerprint density at radius 2 is 1.95 bits per heavy atom. The molecule has 1 N–H and O–H groups in total. The van der Waals surface area contributed by atoms with Gasteiger partial charge in [-0.15, -0.1) is 4.91 Å². The van der Waals surface area contributed by atoms with E-state index in [1.165, 1.54) is 19.3 Å². The molecule has 0 saturated carbocycles. The molecule has 1 unspecified atom stereocenters. The van der Waals surface area contributed by atoms with Crippen LogP contribution in [0.2, 0.25) is 0 Å². The first kappa shape index (κ1) is 19.8. The molecule has 0 fully saturated rings. The lowest BCUT2D eigenvalue weighted by Gasteiger charge is -2.05. The van der Waals surface area contributed by atoms with Crippen LogP contribution in [0.4, 0.5) is 0 Å². The van der Waals surface area contributed by atoms with Crippen molar-refractivity contribution < 1.29 is 14.7 Å². The fraction of sp³-hybridized carbons (Fsp3) is 0.471. The topological polar surface area (TPSA) is 76.0 Å². The Kier molecular flexibility index (Phi) is 12.4. The van der Waals surface area contributed by atoms with Gasteiger partial charge >= 0.3 is 5.97 Å². The van der Waals surface area contributed by atoms with Crippen LogP contribution in [0.1, 0.15) is 51.5 Å². The summed E-state index contributed by atoms with van der Waals surface area (Å²) >= 11 is 0. The Bertz CT molecular complexity index is 432. The first-order valence-corrected chi connectivity index (χ1v) is 7.54. The van der Waals surface area contributed by atoms with E-state index < -0.39 is 5.97 Å². The molecule has 5 nitrogen and oxygen atoms in total. The Morgan fingerprint density at radius 3 is 2.50 bits per heavy atom. The van der Waals surface area contributed by atoms with E-state index in [-0.39, 0.29) is 6.10 Å². The number of benzene rings is 1. The molecule has 0 aliphatic carbocycles. The molecule has 0 aromatic heterocycles. The van der Waals surface area contributed by atoms with E-state index in [1.54, 1.807) is 6.08 Å². The maximum absolute atomic E-state index is 10.1. The highest BCUT2D eigenvalue weighted by Gasteiger charge is 2.00. The predicted molar refractivity (Wildman–Crippen MR) is 88.2 cm³/mol. The van der Waals surface area contributed by atoms with Gasteiger partial charge in [-0.1, -0.05) is 56.5 Å². The van der Waals surface area contributed by atoms with Gasteiger partial charge in [0.05, 0.1) is 0 Å². The minimum atomic E-state index is -0.922. The number of carbonyl (C=O) groups is 1. The summed E-state index contributed by atoms with van der Waals surface area (Å²) in [6.45, 7) is 4.04. The second-order valence-electron chi connectivity index (χ2n) is 4.92. The minimum absolute atomic E-state index is 0.00986. The van der Waals surface area contributed by atoms with Gasteiger partial charge in [0, 0.05) is 6.08 Å². The summed E-state index contributed by atoms with van der Waals surface area (Å²) in [5, 5.41) is 10.7. The summed E-state index contributed by atoms with van der Waals surface area (Å²) in [6.07, 6.45) is 8.46. The zero-order chi connectivity index (χ0) is 16.6. The van der Waals surface area contributed by atoms with Crippen LogP contribution in [-0.2, 0) is 9.63 Å². The smallest absolute Gasteiger partial charge is 0.328 e. The van der Waals surface area contributed by atoms with Crippen LogP contribution in [0.25, 0.3) is 6.08 Å². The van der Waals surface area contributed by atoms with Crippen molar-refractivity contribution in [2.24, 2.45) is 5.34 Å². The SMILES string of the molecule is CCCCCCC(C)ON=O.O=C(O)C=Cc1ccccc1. The number of carboxylic acids is 1. The summed E-state index contributed by atoms with van der Waals surface area (Å²) in [6, 6.07) is 9.31. The average molecular weight is 307 g/mol. The molecule has 0 bridgehead atoms. The molecule has 0 spiro atoms. The number of carboxylic acid groups (broad SMARTS) is 1. The Morgan fingerprint density at radius 1 is 1.27 bits per heavy atom. The van der Waals surface area contributed by atoms with Gasteiger partial charge in [-0.3, -0.25) is 0 Å². The maximum Gasteiger partial charge on any atom is 0.328 e. The summed E-state index contributed by atoms with van der Waals surface area (Å²) < 4.78 is 0. The van der Waals surface area contributed by atoms with Crippen molar-refractivity contribution in [3.05, 3.63) is 46.9 Å². The van der Waals surface area contributed by atoms with Gasteiger partial charge < -0.3 is 9.94 Å². The second-order valence-corrected chi connectivity index (χ2v) is 4.92. The van der Waals surface area contributed by atoms with E-state index in [9.17, 15) is 9.70 Å². The number of nitrogens with zero attached hydrogens (tertiary/aromatic N) is 1. The highest BCUT2D eigenvalue weighted by molar-refractivity contribution is 5.85. The lowest BCUT2D eigenvalue weighted by atomic mass is 10.1. The van der Waals surface area contributed by atoms with Crippen molar-refractivity contribution in [3.63, 3.8) is 0 Å². The summed E-state index contributed by atoms with van der Waals surface area (Å²) in [5.41, 5.74) is 0.898. The molecule has 122 valence electrons. The number of hydrogen-bond acceptors (Lipinski definition) is 4. The molecule has 0 aliphatic heterocycles. The number of rotatable bonds is 9. The second kappa shape index (κ2) is 13.8. The molecule has 0 saturated heterocycles.